The van der Waals surface area contributed by atoms with Crippen molar-refractivity contribution < 1.29 is 14.7 Å². The molecule has 2 atom stereocenters. The second kappa shape index (κ2) is 10.1. The van der Waals surface area contributed by atoms with Crippen LogP contribution >= 0.6 is 0 Å². The zero-order valence-electron chi connectivity index (χ0n) is 17.4. The SMILES string of the molecule is Cc1cc(O)cc(C)c1C[C@H](N)C(=O)N(CCCc1ccccc1)[C@H](C)C(N)=O. The molecule has 0 radical (unpaired) electrons. The summed E-state index contributed by atoms with van der Waals surface area (Å²) in [5, 5.41) is 9.72. The standard InChI is InChI=1S/C23H31N3O3/c1-15-12-19(27)13-16(2)20(15)14-21(24)23(29)26(17(3)22(25)28)11-7-10-18-8-5-4-6-9-18/h4-6,8-9,12-13,17,21,27H,7,10-11,14,24H2,1-3H3,(H2,25,28)/t17-,21+/m1/s1. The van der Waals surface area contributed by atoms with Crippen molar-refractivity contribution in [2.45, 2.75) is 52.1 Å². The number of hydrogen-bond donors (Lipinski definition) is 3. The fourth-order valence-electron chi connectivity index (χ4n) is 3.56. The van der Waals surface area contributed by atoms with E-state index in [0.717, 1.165) is 23.1 Å². The van der Waals surface area contributed by atoms with E-state index in [1.54, 1.807) is 19.1 Å². The van der Waals surface area contributed by atoms with Gasteiger partial charge in [-0.1, -0.05) is 30.3 Å². The molecule has 2 amide bonds. The minimum absolute atomic E-state index is 0.188. The number of nitrogens with two attached hydrogens (primary N) is 2. The maximum Gasteiger partial charge on any atom is 0.240 e. The van der Waals surface area contributed by atoms with E-state index in [-0.39, 0.29) is 11.7 Å². The van der Waals surface area contributed by atoms with Gasteiger partial charge in [0.05, 0.1) is 6.04 Å². The molecule has 2 aromatic carbocycles. The van der Waals surface area contributed by atoms with Crippen LogP contribution in [0.15, 0.2) is 42.5 Å². The molecule has 0 aliphatic heterocycles. The zero-order valence-corrected chi connectivity index (χ0v) is 17.4. The van der Waals surface area contributed by atoms with Gasteiger partial charge in [0, 0.05) is 6.54 Å². The molecule has 156 valence electrons. The highest BCUT2D eigenvalue weighted by atomic mass is 16.3. The van der Waals surface area contributed by atoms with Crippen molar-refractivity contribution in [1.82, 2.24) is 4.90 Å². The number of hydrogen-bond acceptors (Lipinski definition) is 4. The summed E-state index contributed by atoms with van der Waals surface area (Å²) in [6.45, 7) is 5.79. The van der Waals surface area contributed by atoms with Crippen molar-refractivity contribution >= 4 is 11.8 Å². The monoisotopic (exact) mass is 397 g/mol. The summed E-state index contributed by atoms with van der Waals surface area (Å²) < 4.78 is 0. The lowest BCUT2D eigenvalue weighted by Crippen LogP contribution is -2.53. The van der Waals surface area contributed by atoms with Gasteiger partial charge in [0.15, 0.2) is 0 Å². The Labute approximate surface area is 172 Å². The molecule has 0 aromatic heterocycles. The highest BCUT2D eigenvalue weighted by Gasteiger charge is 2.28. The average Bonchev–Trinajstić information content (AvgIpc) is 2.67. The number of aromatic hydroxyl groups is 1. The van der Waals surface area contributed by atoms with Crippen LogP contribution in [-0.4, -0.2) is 40.4 Å². The van der Waals surface area contributed by atoms with E-state index < -0.39 is 18.0 Å². The summed E-state index contributed by atoms with van der Waals surface area (Å²) in [6.07, 6.45) is 1.83. The van der Waals surface area contributed by atoms with Crippen LogP contribution in [0.2, 0.25) is 0 Å². The van der Waals surface area contributed by atoms with Gasteiger partial charge in [-0.05, 0) is 74.4 Å². The largest absolute Gasteiger partial charge is 0.508 e. The summed E-state index contributed by atoms with van der Waals surface area (Å²) in [5.41, 5.74) is 15.6. The number of amides is 2. The predicted octanol–water partition coefficient (Wildman–Crippen LogP) is 2.21. The average molecular weight is 398 g/mol. The number of carbonyl (C=O) groups excluding carboxylic acids is 2. The normalized spacial score (nSPS) is 13.0. The first-order valence-corrected chi connectivity index (χ1v) is 9.89. The van der Waals surface area contributed by atoms with Crippen molar-refractivity contribution in [3.8, 4) is 5.75 Å². The minimum Gasteiger partial charge on any atom is -0.508 e. The number of rotatable bonds is 9. The third kappa shape index (κ3) is 6.06. The number of nitrogens with zero attached hydrogens (tertiary/aromatic N) is 1. The molecule has 0 aliphatic carbocycles. The van der Waals surface area contributed by atoms with Gasteiger partial charge in [-0.15, -0.1) is 0 Å². The Bertz CT molecular complexity index is 829. The smallest absolute Gasteiger partial charge is 0.240 e. The fraction of sp³-hybridized carbons (Fsp3) is 0.391. The van der Waals surface area contributed by atoms with Crippen LogP contribution in [0.3, 0.4) is 0 Å². The third-order valence-electron chi connectivity index (χ3n) is 5.29. The summed E-state index contributed by atoms with van der Waals surface area (Å²) in [4.78, 5) is 26.3. The van der Waals surface area contributed by atoms with Crippen LogP contribution in [-0.2, 0) is 22.4 Å². The zero-order chi connectivity index (χ0) is 21.6. The van der Waals surface area contributed by atoms with Crippen LogP contribution in [0.4, 0.5) is 0 Å². The molecule has 0 heterocycles. The van der Waals surface area contributed by atoms with Gasteiger partial charge in [-0.2, -0.15) is 0 Å². The summed E-state index contributed by atoms with van der Waals surface area (Å²) >= 11 is 0. The molecule has 29 heavy (non-hydrogen) atoms. The first-order chi connectivity index (χ1) is 13.7. The lowest BCUT2D eigenvalue weighted by molar-refractivity contribution is -0.139. The highest BCUT2D eigenvalue weighted by Crippen LogP contribution is 2.22. The molecule has 0 unspecified atom stereocenters. The molecule has 6 heteroatoms. The Morgan fingerprint density at radius 3 is 2.24 bits per heavy atom. The van der Waals surface area contributed by atoms with E-state index in [1.807, 2.05) is 44.2 Å². The number of aryl methyl sites for hydroxylation is 3. The van der Waals surface area contributed by atoms with Gasteiger partial charge < -0.3 is 21.5 Å². The minimum atomic E-state index is -0.796. The van der Waals surface area contributed by atoms with Crippen LogP contribution < -0.4 is 11.5 Å². The van der Waals surface area contributed by atoms with Crippen LogP contribution in [0.5, 0.6) is 5.75 Å². The first kappa shape index (κ1) is 22.4. The second-order valence-electron chi connectivity index (χ2n) is 7.57. The van der Waals surface area contributed by atoms with Gasteiger partial charge in [-0.25, -0.2) is 0 Å². The Hall–Kier alpha value is -2.86. The lowest BCUT2D eigenvalue weighted by atomic mass is 9.95. The van der Waals surface area contributed by atoms with Crippen molar-refractivity contribution in [1.29, 1.82) is 0 Å². The van der Waals surface area contributed by atoms with Crippen molar-refractivity contribution in [2.75, 3.05) is 6.54 Å². The molecule has 2 rings (SSSR count). The molecule has 2 aromatic rings. The second-order valence-corrected chi connectivity index (χ2v) is 7.57. The molecule has 0 saturated heterocycles. The molecule has 6 nitrogen and oxygen atoms in total. The highest BCUT2D eigenvalue weighted by molar-refractivity contribution is 5.89. The van der Waals surface area contributed by atoms with Crippen molar-refractivity contribution in [2.24, 2.45) is 11.5 Å². The van der Waals surface area contributed by atoms with E-state index in [1.165, 1.54) is 10.5 Å². The quantitative estimate of drug-likeness (QED) is 0.602. The van der Waals surface area contributed by atoms with E-state index in [0.29, 0.717) is 19.4 Å². The third-order valence-corrected chi connectivity index (χ3v) is 5.29. The molecule has 0 saturated carbocycles. The molecule has 0 spiro atoms. The van der Waals surface area contributed by atoms with E-state index >= 15 is 0 Å². The molecule has 0 fully saturated rings. The molecular weight excluding hydrogens is 366 g/mol. The molecule has 0 bridgehead atoms. The Balaban J connectivity index is 2.10. The predicted molar refractivity (Wildman–Crippen MR) is 114 cm³/mol. The maximum absolute atomic E-state index is 13.1. The summed E-state index contributed by atoms with van der Waals surface area (Å²) in [6, 6.07) is 11.8. The fourth-order valence-corrected chi connectivity index (χ4v) is 3.56. The van der Waals surface area contributed by atoms with E-state index in [4.69, 9.17) is 11.5 Å². The number of carbonyl (C=O) groups is 2. The van der Waals surface area contributed by atoms with Crippen LogP contribution in [0.1, 0.15) is 35.6 Å². The first-order valence-electron chi connectivity index (χ1n) is 9.89. The summed E-state index contributed by atoms with van der Waals surface area (Å²) in [5.74, 6) is -0.660. The topological polar surface area (TPSA) is 110 Å². The number of primary amides is 1. The van der Waals surface area contributed by atoms with Crippen LogP contribution in [0, 0.1) is 13.8 Å². The number of phenolic OH excluding ortho intramolecular Hbond substituents is 1. The van der Waals surface area contributed by atoms with Gasteiger partial charge in [0.1, 0.15) is 11.8 Å². The number of benzene rings is 2. The van der Waals surface area contributed by atoms with E-state index in [2.05, 4.69) is 0 Å². The molecule has 5 N–H and O–H groups in total. The van der Waals surface area contributed by atoms with Gasteiger partial charge in [0.2, 0.25) is 11.8 Å². The maximum atomic E-state index is 13.1. The molecule has 0 aliphatic rings. The summed E-state index contributed by atoms with van der Waals surface area (Å²) in [7, 11) is 0. The van der Waals surface area contributed by atoms with Crippen LogP contribution in [0.25, 0.3) is 0 Å². The Morgan fingerprint density at radius 2 is 1.69 bits per heavy atom. The van der Waals surface area contributed by atoms with Gasteiger partial charge in [0.25, 0.3) is 0 Å². The Morgan fingerprint density at radius 1 is 1.10 bits per heavy atom. The van der Waals surface area contributed by atoms with E-state index in [9.17, 15) is 14.7 Å². The Kier molecular flexibility index (Phi) is 7.79. The van der Waals surface area contributed by atoms with Crippen molar-refractivity contribution in [3.63, 3.8) is 0 Å². The molecular formula is C23H31N3O3. The van der Waals surface area contributed by atoms with Gasteiger partial charge in [-0.3, -0.25) is 9.59 Å². The number of phenols is 1. The van der Waals surface area contributed by atoms with Gasteiger partial charge >= 0.3 is 0 Å². The lowest BCUT2D eigenvalue weighted by Gasteiger charge is -2.30. The van der Waals surface area contributed by atoms with Crippen molar-refractivity contribution in [3.05, 3.63) is 64.7 Å².